The fourth-order valence-corrected chi connectivity index (χ4v) is 2.00. The Bertz CT molecular complexity index is 266. The molecule has 0 aromatic carbocycles. The highest BCUT2D eigenvalue weighted by molar-refractivity contribution is 5.17. The maximum atomic E-state index is 4.09. The van der Waals surface area contributed by atoms with Crippen LogP contribution in [0.15, 0.2) is 36.0 Å². The molecule has 0 aliphatic heterocycles. The van der Waals surface area contributed by atoms with Crippen molar-refractivity contribution >= 4 is 0 Å². The van der Waals surface area contributed by atoms with E-state index < -0.39 is 0 Å². The fraction of sp³-hybridized carbons (Fsp3) is 0.600. The summed E-state index contributed by atoms with van der Waals surface area (Å²) in [6, 6.07) is 0. The summed E-state index contributed by atoms with van der Waals surface area (Å²) in [5.41, 5.74) is 2.82. The van der Waals surface area contributed by atoms with E-state index >= 15 is 0 Å². The number of allylic oxidation sites excluding steroid dienone is 5. The molecule has 0 aromatic rings. The van der Waals surface area contributed by atoms with Crippen molar-refractivity contribution in [2.45, 2.75) is 46.5 Å². The van der Waals surface area contributed by atoms with Crippen LogP contribution in [-0.4, -0.2) is 0 Å². The Kier molecular flexibility index (Phi) is 4.87. The van der Waals surface area contributed by atoms with E-state index in [4.69, 9.17) is 0 Å². The van der Waals surface area contributed by atoms with Crippen LogP contribution in [0, 0.1) is 11.8 Å². The van der Waals surface area contributed by atoms with E-state index in [1.54, 1.807) is 5.57 Å². The third-order valence-electron chi connectivity index (χ3n) is 3.27. The van der Waals surface area contributed by atoms with Crippen molar-refractivity contribution in [3.63, 3.8) is 0 Å². The standard InChI is InChI=1S/C15H24/c1-12(2)15-10-8-13(3)6-5-7-14(4)9-11-15/h7-8,10,12,15H,3,5-6,9,11H2,1-2,4H3. The fourth-order valence-electron chi connectivity index (χ4n) is 2.00. The van der Waals surface area contributed by atoms with Crippen molar-refractivity contribution in [1.29, 1.82) is 0 Å². The number of rotatable bonds is 1. The maximum absolute atomic E-state index is 4.09. The predicted molar refractivity (Wildman–Crippen MR) is 68.8 cm³/mol. The van der Waals surface area contributed by atoms with Gasteiger partial charge in [0.2, 0.25) is 0 Å². The van der Waals surface area contributed by atoms with E-state index in [1.165, 1.54) is 18.4 Å². The van der Waals surface area contributed by atoms with Crippen molar-refractivity contribution in [2.75, 3.05) is 0 Å². The second-order valence-electron chi connectivity index (χ2n) is 5.05. The Morgan fingerprint density at radius 1 is 1.33 bits per heavy atom. The molecule has 0 spiro atoms. The van der Waals surface area contributed by atoms with Gasteiger partial charge in [0.1, 0.15) is 0 Å². The van der Waals surface area contributed by atoms with Gasteiger partial charge in [-0.15, -0.1) is 0 Å². The lowest BCUT2D eigenvalue weighted by molar-refractivity contribution is 0.435. The molecule has 84 valence electrons. The van der Waals surface area contributed by atoms with Gasteiger partial charge in [0.15, 0.2) is 0 Å². The Hall–Kier alpha value is -0.780. The highest BCUT2D eigenvalue weighted by Crippen LogP contribution is 2.24. The zero-order valence-electron chi connectivity index (χ0n) is 10.4. The van der Waals surface area contributed by atoms with E-state index in [0.29, 0.717) is 5.92 Å². The van der Waals surface area contributed by atoms with Crippen molar-refractivity contribution in [1.82, 2.24) is 0 Å². The van der Waals surface area contributed by atoms with Crippen LogP contribution >= 0.6 is 0 Å². The van der Waals surface area contributed by atoms with Crippen molar-refractivity contribution < 1.29 is 0 Å². The zero-order chi connectivity index (χ0) is 11.3. The van der Waals surface area contributed by atoms with Crippen LogP contribution in [0.5, 0.6) is 0 Å². The molecule has 0 radical (unpaired) electrons. The van der Waals surface area contributed by atoms with E-state index in [0.717, 1.165) is 18.8 Å². The van der Waals surface area contributed by atoms with Gasteiger partial charge >= 0.3 is 0 Å². The van der Waals surface area contributed by atoms with Gasteiger partial charge in [-0.3, -0.25) is 0 Å². The quantitative estimate of drug-likeness (QED) is 0.533. The molecule has 1 rings (SSSR count). The van der Waals surface area contributed by atoms with Crippen LogP contribution < -0.4 is 0 Å². The molecule has 0 saturated carbocycles. The lowest BCUT2D eigenvalue weighted by Crippen LogP contribution is -2.06. The summed E-state index contributed by atoms with van der Waals surface area (Å²) in [5, 5.41) is 0. The van der Waals surface area contributed by atoms with Crippen molar-refractivity contribution in [2.24, 2.45) is 11.8 Å². The smallest absolute Gasteiger partial charge is 0.0204 e. The summed E-state index contributed by atoms with van der Waals surface area (Å²) in [4.78, 5) is 0. The topological polar surface area (TPSA) is 0 Å². The third-order valence-corrected chi connectivity index (χ3v) is 3.27. The predicted octanol–water partition coefficient (Wildman–Crippen LogP) is 4.89. The summed E-state index contributed by atoms with van der Waals surface area (Å²) >= 11 is 0. The van der Waals surface area contributed by atoms with Gasteiger partial charge in [0, 0.05) is 0 Å². The molecule has 0 N–H and O–H groups in total. The first kappa shape index (κ1) is 12.3. The first-order chi connectivity index (χ1) is 7.09. The Labute approximate surface area is 94.8 Å². The summed E-state index contributed by atoms with van der Waals surface area (Å²) < 4.78 is 0. The molecule has 15 heavy (non-hydrogen) atoms. The average molecular weight is 204 g/mol. The van der Waals surface area contributed by atoms with Crippen LogP contribution in [-0.2, 0) is 0 Å². The Morgan fingerprint density at radius 3 is 2.73 bits per heavy atom. The lowest BCUT2D eigenvalue weighted by Gasteiger charge is -2.18. The maximum Gasteiger partial charge on any atom is -0.0204 e. The minimum atomic E-state index is 0.711. The second-order valence-corrected chi connectivity index (χ2v) is 5.05. The lowest BCUT2D eigenvalue weighted by atomic mass is 9.88. The SMILES string of the molecule is C=C1C=CC(C(C)C)CCC(C)=CCC1. The van der Waals surface area contributed by atoms with Crippen molar-refractivity contribution in [3.8, 4) is 0 Å². The van der Waals surface area contributed by atoms with Crippen LogP contribution in [0.3, 0.4) is 0 Å². The van der Waals surface area contributed by atoms with Crippen LogP contribution in [0.4, 0.5) is 0 Å². The first-order valence-electron chi connectivity index (χ1n) is 6.11. The zero-order valence-corrected chi connectivity index (χ0v) is 10.4. The van der Waals surface area contributed by atoms with Gasteiger partial charge < -0.3 is 0 Å². The van der Waals surface area contributed by atoms with E-state index in [9.17, 15) is 0 Å². The molecular weight excluding hydrogens is 180 g/mol. The van der Waals surface area contributed by atoms with Crippen molar-refractivity contribution in [3.05, 3.63) is 36.0 Å². The van der Waals surface area contributed by atoms with Gasteiger partial charge in [-0.05, 0) is 44.4 Å². The summed E-state index contributed by atoms with van der Waals surface area (Å²) in [7, 11) is 0. The van der Waals surface area contributed by atoms with Crippen LogP contribution in [0.1, 0.15) is 46.5 Å². The van der Waals surface area contributed by atoms with Crippen LogP contribution in [0.2, 0.25) is 0 Å². The molecule has 0 heteroatoms. The van der Waals surface area contributed by atoms with E-state index in [1.807, 2.05) is 0 Å². The average Bonchev–Trinajstić information content (AvgIpc) is 2.16. The van der Waals surface area contributed by atoms with Crippen LogP contribution in [0.25, 0.3) is 0 Å². The van der Waals surface area contributed by atoms with Gasteiger partial charge in [0.25, 0.3) is 0 Å². The van der Waals surface area contributed by atoms with E-state index in [-0.39, 0.29) is 0 Å². The van der Waals surface area contributed by atoms with Gasteiger partial charge in [-0.1, -0.05) is 49.8 Å². The summed E-state index contributed by atoms with van der Waals surface area (Å²) in [5.74, 6) is 1.45. The monoisotopic (exact) mass is 204 g/mol. The molecule has 0 nitrogen and oxygen atoms in total. The highest BCUT2D eigenvalue weighted by atomic mass is 14.2. The third kappa shape index (κ3) is 4.51. The molecule has 1 atom stereocenters. The molecule has 0 aromatic heterocycles. The summed E-state index contributed by atoms with van der Waals surface area (Å²) in [6.45, 7) is 11.0. The molecule has 0 bridgehead atoms. The minimum Gasteiger partial charge on any atom is -0.0958 e. The highest BCUT2D eigenvalue weighted by Gasteiger charge is 2.10. The molecule has 1 aliphatic carbocycles. The molecular formula is C15H24. The normalized spacial score (nSPS) is 24.1. The molecule has 0 amide bonds. The molecule has 0 heterocycles. The minimum absolute atomic E-state index is 0.711. The Balaban J connectivity index is 2.70. The van der Waals surface area contributed by atoms with Gasteiger partial charge in [-0.2, -0.15) is 0 Å². The van der Waals surface area contributed by atoms with E-state index in [2.05, 4.69) is 45.6 Å². The largest absolute Gasteiger partial charge is 0.0958 e. The molecule has 1 unspecified atom stereocenters. The molecule has 0 fully saturated rings. The summed E-state index contributed by atoms with van der Waals surface area (Å²) in [6.07, 6.45) is 11.8. The second kappa shape index (κ2) is 5.95. The first-order valence-corrected chi connectivity index (χ1v) is 6.11. The number of hydrogen-bond donors (Lipinski definition) is 0. The van der Waals surface area contributed by atoms with Gasteiger partial charge in [0.05, 0.1) is 0 Å². The molecule has 0 saturated heterocycles. The molecule has 1 aliphatic rings. The van der Waals surface area contributed by atoms with Gasteiger partial charge in [-0.25, -0.2) is 0 Å². The number of hydrogen-bond acceptors (Lipinski definition) is 0. The Morgan fingerprint density at radius 2 is 2.07 bits per heavy atom.